The van der Waals surface area contributed by atoms with E-state index in [1.807, 2.05) is 4.90 Å². The summed E-state index contributed by atoms with van der Waals surface area (Å²) >= 11 is 5.63. The largest absolute Gasteiger partial charge is 0.363 e. The van der Waals surface area contributed by atoms with E-state index in [0.717, 1.165) is 38.3 Å². The van der Waals surface area contributed by atoms with Crippen LogP contribution in [0.2, 0.25) is 5.02 Å². The molecule has 6 nitrogen and oxygen atoms in total. The first kappa shape index (κ1) is 14.5. The molecule has 2 heterocycles. The lowest BCUT2D eigenvalue weighted by molar-refractivity contribution is -0.384. The van der Waals surface area contributed by atoms with Gasteiger partial charge in [0.1, 0.15) is 11.5 Å². The molecule has 8 heteroatoms. The number of nitrogens with one attached hydrogen (secondary N) is 1. The van der Waals surface area contributed by atoms with Gasteiger partial charge in [-0.2, -0.15) is 0 Å². The Kier molecular flexibility index (Phi) is 3.97. The second-order valence-corrected chi connectivity index (χ2v) is 5.76. The number of rotatable bonds is 3. The molecule has 2 aliphatic heterocycles. The third kappa shape index (κ3) is 2.81. The highest BCUT2D eigenvalue weighted by Gasteiger charge is 2.35. The number of nitrogens with zero attached hydrogens (tertiary/aromatic N) is 3. The quantitative estimate of drug-likeness (QED) is 0.676. The van der Waals surface area contributed by atoms with Crippen LogP contribution in [-0.4, -0.2) is 55.1 Å². The Morgan fingerprint density at radius 3 is 2.62 bits per heavy atom. The van der Waals surface area contributed by atoms with Crippen LogP contribution in [-0.2, 0) is 0 Å². The van der Waals surface area contributed by atoms with Crippen molar-refractivity contribution in [1.82, 2.24) is 10.2 Å². The highest BCUT2D eigenvalue weighted by atomic mass is 35.5. The standard InChI is InChI=1S/C13H16ClFN4O2/c14-10-5-13(19(20)21)12(6-11(10)15)18-7-9(8-18)17-3-1-16-2-4-17/h5-6,9,16H,1-4,7-8H2. The summed E-state index contributed by atoms with van der Waals surface area (Å²) in [5, 5.41) is 14.2. The van der Waals surface area contributed by atoms with Gasteiger partial charge in [-0.25, -0.2) is 4.39 Å². The fourth-order valence-electron chi connectivity index (χ4n) is 2.86. The molecule has 2 fully saturated rings. The number of piperazine rings is 1. The number of hydrogen-bond donors (Lipinski definition) is 1. The van der Waals surface area contributed by atoms with E-state index in [0.29, 0.717) is 24.8 Å². The molecule has 21 heavy (non-hydrogen) atoms. The van der Waals surface area contributed by atoms with E-state index in [1.165, 1.54) is 0 Å². The Morgan fingerprint density at radius 2 is 2.00 bits per heavy atom. The summed E-state index contributed by atoms with van der Waals surface area (Å²) in [6.45, 7) is 5.26. The van der Waals surface area contributed by atoms with Crippen LogP contribution in [0.5, 0.6) is 0 Å². The van der Waals surface area contributed by atoms with Crippen LogP contribution in [0.3, 0.4) is 0 Å². The molecule has 0 amide bonds. The average molecular weight is 315 g/mol. The van der Waals surface area contributed by atoms with E-state index in [9.17, 15) is 14.5 Å². The molecule has 0 bridgehead atoms. The molecule has 2 saturated heterocycles. The molecule has 1 N–H and O–H groups in total. The predicted molar refractivity (Wildman–Crippen MR) is 78.5 cm³/mol. The van der Waals surface area contributed by atoms with Gasteiger partial charge in [0.25, 0.3) is 5.69 Å². The Morgan fingerprint density at radius 1 is 1.33 bits per heavy atom. The number of nitro groups is 1. The maximum absolute atomic E-state index is 13.6. The highest BCUT2D eigenvalue weighted by molar-refractivity contribution is 6.31. The van der Waals surface area contributed by atoms with Crippen molar-refractivity contribution in [2.75, 3.05) is 44.2 Å². The van der Waals surface area contributed by atoms with Gasteiger partial charge in [-0.3, -0.25) is 15.0 Å². The normalized spacial score (nSPS) is 20.4. The Labute approximate surface area is 126 Å². The SMILES string of the molecule is O=[N+]([O-])c1cc(Cl)c(F)cc1N1CC(N2CCNCC2)C1. The van der Waals surface area contributed by atoms with Gasteiger partial charge in [0.05, 0.1) is 9.95 Å². The molecule has 0 saturated carbocycles. The summed E-state index contributed by atoms with van der Waals surface area (Å²) in [5.74, 6) is -0.622. The molecule has 1 aromatic rings. The lowest BCUT2D eigenvalue weighted by atomic mass is 10.0. The molecule has 3 rings (SSSR count). The van der Waals surface area contributed by atoms with E-state index in [-0.39, 0.29) is 10.7 Å². The zero-order valence-corrected chi connectivity index (χ0v) is 12.1. The molecule has 0 spiro atoms. The average Bonchev–Trinajstić information content (AvgIpc) is 2.41. The summed E-state index contributed by atoms with van der Waals surface area (Å²) in [4.78, 5) is 14.8. The molecule has 114 valence electrons. The first-order chi connectivity index (χ1) is 10.1. The fraction of sp³-hybridized carbons (Fsp3) is 0.538. The number of anilines is 1. The van der Waals surface area contributed by atoms with Crippen molar-refractivity contribution in [3.05, 3.63) is 33.1 Å². The number of hydrogen-bond acceptors (Lipinski definition) is 5. The van der Waals surface area contributed by atoms with Gasteiger partial charge >= 0.3 is 0 Å². The minimum Gasteiger partial charge on any atom is -0.363 e. The summed E-state index contributed by atoms with van der Waals surface area (Å²) in [5.41, 5.74) is 0.174. The zero-order chi connectivity index (χ0) is 15.0. The maximum atomic E-state index is 13.6. The summed E-state index contributed by atoms with van der Waals surface area (Å²) < 4.78 is 13.6. The van der Waals surface area contributed by atoms with Crippen LogP contribution in [0.1, 0.15) is 0 Å². The molecule has 0 aromatic heterocycles. The van der Waals surface area contributed by atoms with Gasteiger partial charge in [-0.15, -0.1) is 0 Å². The van der Waals surface area contributed by atoms with Gasteiger partial charge in [-0.1, -0.05) is 11.6 Å². The summed E-state index contributed by atoms with van der Waals surface area (Å²) in [6, 6.07) is 2.63. The Bertz CT molecular complexity index is 559. The third-order valence-electron chi connectivity index (χ3n) is 4.09. The van der Waals surface area contributed by atoms with Crippen LogP contribution < -0.4 is 10.2 Å². The van der Waals surface area contributed by atoms with E-state index in [2.05, 4.69) is 10.2 Å². The molecule has 2 aliphatic rings. The maximum Gasteiger partial charge on any atom is 0.294 e. The minimum absolute atomic E-state index is 0.139. The van der Waals surface area contributed by atoms with Crippen molar-refractivity contribution in [1.29, 1.82) is 0 Å². The number of nitro benzene ring substituents is 1. The lowest BCUT2D eigenvalue weighted by Crippen LogP contribution is -2.63. The van der Waals surface area contributed by atoms with Crippen molar-refractivity contribution in [3.8, 4) is 0 Å². The van der Waals surface area contributed by atoms with Gasteiger partial charge in [0.2, 0.25) is 0 Å². The Hall–Kier alpha value is -1.44. The summed E-state index contributed by atoms with van der Waals surface area (Å²) in [7, 11) is 0. The first-order valence-corrected chi connectivity index (χ1v) is 7.27. The van der Waals surface area contributed by atoms with E-state index < -0.39 is 10.7 Å². The second kappa shape index (κ2) is 5.75. The van der Waals surface area contributed by atoms with Crippen molar-refractivity contribution in [3.63, 3.8) is 0 Å². The van der Waals surface area contributed by atoms with Gasteiger partial charge in [-0.05, 0) is 0 Å². The summed E-state index contributed by atoms with van der Waals surface area (Å²) in [6.07, 6.45) is 0. The van der Waals surface area contributed by atoms with Gasteiger partial charge in [0.15, 0.2) is 0 Å². The molecular weight excluding hydrogens is 299 g/mol. The second-order valence-electron chi connectivity index (χ2n) is 5.36. The topological polar surface area (TPSA) is 61.7 Å². The van der Waals surface area contributed by atoms with Crippen LogP contribution in [0.15, 0.2) is 12.1 Å². The number of halogens is 2. The third-order valence-corrected chi connectivity index (χ3v) is 4.37. The van der Waals surface area contributed by atoms with Crippen LogP contribution in [0.25, 0.3) is 0 Å². The fourth-order valence-corrected chi connectivity index (χ4v) is 3.01. The molecule has 0 unspecified atom stereocenters. The van der Waals surface area contributed by atoms with Gasteiger partial charge in [0, 0.05) is 57.4 Å². The van der Waals surface area contributed by atoms with Gasteiger partial charge < -0.3 is 10.2 Å². The van der Waals surface area contributed by atoms with Crippen molar-refractivity contribution < 1.29 is 9.31 Å². The van der Waals surface area contributed by atoms with Crippen molar-refractivity contribution in [2.45, 2.75) is 6.04 Å². The first-order valence-electron chi connectivity index (χ1n) is 6.89. The molecule has 0 aliphatic carbocycles. The Balaban J connectivity index is 1.74. The zero-order valence-electron chi connectivity index (χ0n) is 11.4. The highest BCUT2D eigenvalue weighted by Crippen LogP contribution is 2.36. The minimum atomic E-state index is -0.622. The van der Waals surface area contributed by atoms with Crippen LogP contribution in [0.4, 0.5) is 15.8 Å². The van der Waals surface area contributed by atoms with E-state index >= 15 is 0 Å². The smallest absolute Gasteiger partial charge is 0.294 e. The van der Waals surface area contributed by atoms with Crippen LogP contribution >= 0.6 is 11.6 Å². The predicted octanol–water partition coefficient (Wildman–Crippen LogP) is 1.48. The molecule has 0 atom stereocenters. The number of benzene rings is 1. The molecular formula is C13H16ClFN4O2. The van der Waals surface area contributed by atoms with Crippen molar-refractivity contribution >= 4 is 23.0 Å². The molecule has 1 aromatic carbocycles. The monoisotopic (exact) mass is 314 g/mol. The lowest BCUT2D eigenvalue weighted by Gasteiger charge is -2.47. The van der Waals surface area contributed by atoms with Crippen molar-refractivity contribution in [2.24, 2.45) is 0 Å². The van der Waals surface area contributed by atoms with E-state index in [4.69, 9.17) is 11.6 Å². The molecule has 0 radical (unpaired) electrons. The van der Waals surface area contributed by atoms with Crippen LogP contribution in [0, 0.1) is 15.9 Å². The van der Waals surface area contributed by atoms with E-state index in [1.54, 1.807) is 0 Å².